The molecule has 1 heterocycles. The predicted molar refractivity (Wildman–Crippen MR) is 64.3 cm³/mol. The van der Waals surface area contributed by atoms with Crippen LogP contribution in [-0.2, 0) is 9.53 Å². The Kier molecular flexibility index (Phi) is 5.95. The van der Waals surface area contributed by atoms with Crippen molar-refractivity contribution >= 4 is 5.97 Å². The molecule has 0 aromatic heterocycles. The molecule has 1 aliphatic rings. The number of nitriles is 1. The minimum absolute atomic E-state index is 0.0280. The van der Waals surface area contributed by atoms with E-state index in [0.29, 0.717) is 6.54 Å². The highest BCUT2D eigenvalue weighted by molar-refractivity contribution is 5.71. The molecule has 0 aromatic carbocycles. The first-order chi connectivity index (χ1) is 8.21. The fourth-order valence-electron chi connectivity index (χ4n) is 2.08. The molecule has 5 heteroatoms. The van der Waals surface area contributed by atoms with Gasteiger partial charge in [-0.1, -0.05) is 13.3 Å². The summed E-state index contributed by atoms with van der Waals surface area (Å²) in [5.41, 5.74) is 0. The van der Waals surface area contributed by atoms with E-state index in [-0.39, 0.29) is 12.0 Å². The van der Waals surface area contributed by atoms with Crippen molar-refractivity contribution < 1.29 is 9.53 Å². The molecule has 0 spiro atoms. The maximum Gasteiger partial charge on any atom is 0.319 e. The van der Waals surface area contributed by atoms with Crippen LogP contribution in [-0.4, -0.2) is 61.6 Å². The lowest BCUT2D eigenvalue weighted by molar-refractivity contribution is -0.142. The van der Waals surface area contributed by atoms with Crippen LogP contribution in [0.1, 0.15) is 19.8 Å². The zero-order valence-corrected chi connectivity index (χ0v) is 10.7. The average Bonchev–Trinajstić information content (AvgIpc) is 2.37. The van der Waals surface area contributed by atoms with Crippen LogP contribution in [0.2, 0.25) is 0 Å². The molecular formula is C12H21N3O2. The van der Waals surface area contributed by atoms with E-state index in [4.69, 9.17) is 5.26 Å². The van der Waals surface area contributed by atoms with E-state index in [0.717, 1.165) is 39.0 Å². The fraction of sp³-hybridized carbons (Fsp3) is 0.833. The lowest BCUT2D eigenvalue weighted by Gasteiger charge is -2.36. The summed E-state index contributed by atoms with van der Waals surface area (Å²) in [6, 6.07) is 2.38. The SMILES string of the molecule is CCCC(C#N)N1CCN(CC(=O)OC)CC1. The lowest BCUT2D eigenvalue weighted by Crippen LogP contribution is -2.51. The summed E-state index contributed by atoms with van der Waals surface area (Å²) >= 11 is 0. The zero-order valence-electron chi connectivity index (χ0n) is 10.7. The van der Waals surface area contributed by atoms with Gasteiger partial charge in [0.1, 0.15) is 0 Å². The molecule has 1 saturated heterocycles. The van der Waals surface area contributed by atoms with Crippen molar-refractivity contribution in [3.8, 4) is 6.07 Å². The van der Waals surface area contributed by atoms with Crippen molar-refractivity contribution in [2.75, 3.05) is 39.8 Å². The third kappa shape index (κ3) is 4.33. The lowest BCUT2D eigenvalue weighted by atomic mass is 10.1. The highest BCUT2D eigenvalue weighted by atomic mass is 16.5. The molecule has 0 aromatic rings. The largest absolute Gasteiger partial charge is 0.468 e. The molecule has 0 bridgehead atoms. The standard InChI is InChI=1S/C12H21N3O2/c1-3-4-11(9-13)15-7-5-14(6-8-15)10-12(16)17-2/h11H,3-8,10H2,1-2H3. The van der Waals surface area contributed by atoms with E-state index in [1.807, 2.05) is 0 Å². The van der Waals surface area contributed by atoms with E-state index in [1.165, 1.54) is 7.11 Å². The summed E-state index contributed by atoms with van der Waals surface area (Å²) in [4.78, 5) is 15.4. The van der Waals surface area contributed by atoms with Crippen LogP contribution in [0.3, 0.4) is 0 Å². The second-order valence-corrected chi connectivity index (χ2v) is 4.32. The number of esters is 1. The van der Waals surface area contributed by atoms with Gasteiger partial charge in [-0.2, -0.15) is 5.26 Å². The van der Waals surface area contributed by atoms with E-state index in [2.05, 4.69) is 27.5 Å². The second kappa shape index (κ2) is 7.25. The molecule has 1 aliphatic heterocycles. The number of rotatable bonds is 5. The van der Waals surface area contributed by atoms with Gasteiger partial charge in [0.05, 0.1) is 25.8 Å². The normalized spacial score (nSPS) is 19.6. The van der Waals surface area contributed by atoms with Crippen LogP contribution in [0, 0.1) is 11.3 Å². The first-order valence-corrected chi connectivity index (χ1v) is 6.14. The van der Waals surface area contributed by atoms with Crippen molar-refractivity contribution in [3.05, 3.63) is 0 Å². The molecule has 1 rings (SSSR count). The number of carbonyl (C=O) groups excluding carboxylic acids is 1. The van der Waals surface area contributed by atoms with Crippen molar-refractivity contribution in [1.29, 1.82) is 5.26 Å². The molecule has 96 valence electrons. The number of hydrogen-bond donors (Lipinski definition) is 0. The van der Waals surface area contributed by atoms with Crippen molar-refractivity contribution in [1.82, 2.24) is 9.80 Å². The third-order valence-corrected chi connectivity index (χ3v) is 3.14. The van der Waals surface area contributed by atoms with Gasteiger partial charge in [-0.25, -0.2) is 0 Å². The minimum atomic E-state index is -0.191. The fourth-order valence-corrected chi connectivity index (χ4v) is 2.08. The Hall–Kier alpha value is -1.12. The number of carbonyl (C=O) groups is 1. The van der Waals surface area contributed by atoms with Crippen LogP contribution >= 0.6 is 0 Å². The van der Waals surface area contributed by atoms with Gasteiger partial charge in [0.2, 0.25) is 0 Å². The molecule has 0 saturated carbocycles. The van der Waals surface area contributed by atoms with Crippen LogP contribution in [0.5, 0.6) is 0 Å². The van der Waals surface area contributed by atoms with Crippen molar-refractivity contribution in [2.24, 2.45) is 0 Å². The molecule has 0 radical (unpaired) electrons. The van der Waals surface area contributed by atoms with Gasteiger partial charge in [0.25, 0.3) is 0 Å². The Balaban J connectivity index is 2.34. The second-order valence-electron chi connectivity index (χ2n) is 4.32. The summed E-state index contributed by atoms with van der Waals surface area (Å²) in [7, 11) is 1.41. The van der Waals surface area contributed by atoms with Gasteiger partial charge < -0.3 is 4.74 Å². The highest BCUT2D eigenvalue weighted by Gasteiger charge is 2.24. The van der Waals surface area contributed by atoms with Crippen molar-refractivity contribution in [3.63, 3.8) is 0 Å². The summed E-state index contributed by atoms with van der Waals surface area (Å²) in [6.07, 6.45) is 1.95. The van der Waals surface area contributed by atoms with E-state index in [1.54, 1.807) is 0 Å². The van der Waals surface area contributed by atoms with E-state index < -0.39 is 0 Å². The van der Waals surface area contributed by atoms with Gasteiger partial charge in [-0.3, -0.25) is 14.6 Å². The number of hydrogen-bond acceptors (Lipinski definition) is 5. The molecule has 1 unspecified atom stereocenters. The smallest absolute Gasteiger partial charge is 0.319 e. The Morgan fingerprint density at radius 2 is 2.06 bits per heavy atom. The van der Waals surface area contributed by atoms with Gasteiger partial charge in [0.15, 0.2) is 0 Å². The third-order valence-electron chi connectivity index (χ3n) is 3.14. The first-order valence-electron chi connectivity index (χ1n) is 6.14. The molecule has 17 heavy (non-hydrogen) atoms. The Morgan fingerprint density at radius 3 is 2.53 bits per heavy atom. The van der Waals surface area contributed by atoms with Crippen LogP contribution in [0.25, 0.3) is 0 Å². The zero-order chi connectivity index (χ0) is 12.7. The number of methoxy groups -OCH3 is 1. The Bertz CT molecular complexity index is 280. The first kappa shape index (κ1) is 13.9. The van der Waals surface area contributed by atoms with Crippen molar-refractivity contribution in [2.45, 2.75) is 25.8 Å². The van der Waals surface area contributed by atoms with Crippen LogP contribution in [0.15, 0.2) is 0 Å². The summed E-state index contributed by atoms with van der Waals surface area (Å²) in [6.45, 7) is 5.83. The maximum atomic E-state index is 11.1. The van der Waals surface area contributed by atoms with Gasteiger partial charge in [0, 0.05) is 26.2 Å². The quantitative estimate of drug-likeness (QED) is 0.653. The van der Waals surface area contributed by atoms with E-state index >= 15 is 0 Å². The van der Waals surface area contributed by atoms with Gasteiger partial charge >= 0.3 is 5.97 Å². The van der Waals surface area contributed by atoms with Crippen LogP contribution < -0.4 is 0 Å². The minimum Gasteiger partial charge on any atom is -0.468 e. The van der Waals surface area contributed by atoms with Gasteiger partial charge in [-0.15, -0.1) is 0 Å². The molecule has 1 fully saturated rings. The number of ether oxygens (including phenoxy) is 1. The summed E-state index contributed by atoms with van der Waals surface area (Å²) in [5, 5.41) is 9.08. The molecule has 0 N–H and O–H groups in total. The average molecular weight is 239 g/mol. The topological polar surface area (TPSA) is 56.6 Å². The highest BCUT2D eigenvalue weighted by Crippen LogP contribution is 2.10. The maximum absolute atomic E-state index is 11.1. The van der Waals surface area contributed by atoms with Gasteiger partial charge in [-0.05, 0) is 6.42 Å². The molecule has 1 atom stereocenters. The number of piperazine rings is 1. The van der Waals surface area contributed by atoms with Crippen LogP contribution in [0.4, 0.5) is 0 Å². The molecule has 0 aliphatic carbocycles. The predicted octanol–water partition coefficient (Wildman–Crippen LogP) is 0.469. The Morgan fingerprint density at radius 1 is 1.41 bits per heavy atom. The molecule has 5 nitrogen and oxygen atoms in total. The number of nitrogens with zero attached hydrogens (tertiary/aromatic N) is 3. The molecule has 0 amide bonds. The molecular weight excluding hydrogens is 218 g/mol. The summed E-state index contributed by atoms with van der Waals surface area (Å²) in [5.74, 6) is -0.191. The Labute approximate surface area is 103 Å². The monoisotopic (exact) mass is 239 g/mol. The summed E-state index contributed by atoms with van der Waals surface area (Å²) < 4.78 is 4.64. The van der Waals surface area contributed by atoms with E-state index in [9.17, 15) is 4.79 Å².